The molecule has 1 fully saturated rings. The predicted octanol–water partition coefficient (Wildman–Crippen LogP) is 0.363. The molecule has 0 aromatic carbocycles. The molecule has 1 unspecified atom stereocenters. The van der Waals surface area contributed by atoms with Crippen molar-refractivity contribution in [2.75, 3.05) is 26.3 Å². The number of H-pyrrole nitrogens is 1. The van der Waals surface area contributed by atoms with Gasteiger partial charge in [0.2, 0.25) is 5.91 Å². The zero-order valence-electron chi connectivity index (χ0n) is 11.8. The molecule has 106 valence electrons. The molecule has 2 N–H and O–H groups in total. The van der Waals surface area contributed by atoms with Crippen LogP contribution in [0.4, 0.5) is 0 Å². The molecular formula is C13H22N4O2. The van der Waals surface area contributed by atoms with Crippen LogP contribution in [0.25, 0.3) is 0 Å². The first-order valence-corrected chi connectivity index (χ1v) is 6.70. The van der Waals surface area contributed by atoms with E-state index in [1.54, 1.807) is 0 Å². The van der Waals surface area contributed by atoms with Crippen molar-refractivity contribution in [3.63, 3.8) is 0 Å². The van der Waals surface area contributed by atoms with E-state index in [0.29, 0.717) is 32.8 Å². The summed E-state index contributed by atoms with van der Waals surface area (Å²) in [6.07, 6.45) is 0. The maximum Gasteiger partial charge on any atom is 0.239 e. The minimum atomic E-state index is -0.188. The molecule has 0 aliphatic carbocycles. The van der Waals surface area contributed by atoms with Crippen molar-refractivity contribution in [2.45, 2.75) is 33.4 Å². The van der Waals surface area contributed by atoms with Gasteiger partial charge in [-0.3, -0.25) is 9.89 Å². The van der Waals surface area contributed by atoms with Crippen molar-refractivity contribution in [3.8, 4) is 0 Å². The first kappa shape index (κ1) is 14.0. The third-order valence-electron chi connectivity index (χ3n) is 3.56. The highest BCUT2D eigenvalue weighted by Crippen LogP contribution is 2.09. The van der Waals surface area contributed by atoms with Crippen LogP contribution in [0.15, 0.2) is 0 Å². The summed E-state index contributed by atoms with van der Waals surface area (Å²) in [5.74, 6) is 0.141. The number of nitrogens with zero attached hydrogens (tertiary/aromatic N) is 2. The van der Waals surface area contributed by atoms with Crippen LogP contribution in [0, 0.1) is 13.8 Å². The van der Waals surface area contributed by atoms with Gasteiger partial charge in [-0.15, -0.1) is 0 Å². The molecule has 1 aliphatic heterocycles. The molecule has 1 aromatic rings. The molecule has 0 radical (unpaired) electrons. The average molecular weight is 266 g/mol. The molecule has 0 saturated carbocycles. The lowest BCUT2D eigenvalue weighted by Crippen LogP contribution is -2.49. The monoisotopic (exact) mass is 266 g/mol. The van der Waals surface area contributed by atoms with Crippen molar-refractivity contribution >= 4 is 5.91 Å². The lowest BCUT2D eigenvalue weighted by atomic mass is 10.2. The van der Waals surface area contributed by atoms with Gasteiger partial charge in [-0.05, 0) is 20.8 Å². The Hall–Kier alpha value is -1.40. The molecule has 6 nitrogen and oxygen atoms in total. The molecule has 2 rings (SSSR count). The molecule has 1 saturated heterocycles. The minimum Gasteiger partial charge on any atom is -0.378 e. The Kier molecular flexibility index (Phi) is 4.55. The number of aromatic nitrogens is 2. The molecule has 2 heterocycles. The highest BCUT2D eigenvalue weighted by Gasteiger charge is 2.22. The molecule has 1 atom stereocenters. The van der Waals surface area contributed by atoms with Gasteiger partial charge < -0.3 is 15.0 Å². The number of amides is 1. The summed E-state index contributed by atoms with van der Waals surface area (Å²) in [5, 5.41) is 10.4. The van der Waals surface area contributed by atoms with Crippen LogP contribution in [0.2, 0.25) is 0 Å². The van der Waals surface area contributed by atoms with E-state index in [9.17, 15) is 4.79 Å². The van der Waals surface area contributed by atoms with Crippen LogP contribution in [0.5, 0.6) is 0 Å². The molecule has 1 amide bonds. The van der Waals surface area contributed by atoms with Crippen molar-refractivity contribution in [3.05, 3.63) is 17.0 Å². The average Bonchev–Trinajstić information content (AvgIpc) is 2.75. The van der Waals surface area contributed by atoms with Gasteiger partial charge >= 0.3 is 0 Å². The Morgan fingerprint density at radius 2 is 2.16 bits per heavy atom. The number of aryl methyl sites for hydroxylation is 2. The second-order valence-corrected chi connectivity index (χ2v) is 4.95. The summed E-state index contributed by atoms with van der Waals surface area (Å²) in [7, 11) is 0. The van der Waals surface area contributed by atoms with Gasteiger partial charge in [-0.25, -0.2) is 0 Å². The molecular weight excluding hydrogens is 244 g/mol. The van der Waals surface area contributed by atoms with Crippen LogP contribution in [0.3, 0.4) is 0 Å². The highest BCUT2D eigenvalue weighted by molar-refractivity contribution is 5.81. The lowest BCUT2D eigenvalue weighted by molar-refractivity contribution is -0.137. The Balaban J connectivity index is 1.87. The maximum absolute atomic E-state index is 12.2. The van der Waals surface area contributed by atoms with Gasteiger partial charge in [-0.1, -0.05) is 0 Å². The number of hydrogen-bond acceptors (Lipinski definition) is 4. The quantitative estimate of drug-likeness (QED) is 0.825. The summed E-state index contributed by atoms with van der Waals surface area (Å²) in [5.41, 5.74) is 3.17. The predicted molar refractivity (Wildman–Crippen MR) is 71.8 cm³/mol. The smallest absolute Gasteiger partial charge is 0.239 e. The van der Waals surface area contributed by atoms with Gasteiger partial charge in [0, 0.05) is 30.9 Å². The molecule has 6 heteroatoms. The van der Waals surface area contributed by atoms with Gasteiger partial charge in [0.25, 0.3) is 0 Å². The van der Waals surface area contributed by atoms with E-state index in [1.165, 1.54) is 0 Å². The van der Waals surface area contributed by atoms with Gasteiger partial charge in [0.15, 0.2) is 0 Å². The van der Waals surface area contributed by atoms with E-state index in [-0.39, 0.29) is 11.9 Å². The number of rotatable bonds is 4. The molecule has 1 aliphatic rings. The van der Waals surface area contributed by atoms with Crippen LogP contribution in [-0.4, -0.2) is 53.3 Å². The standard InChI is InChI=1S/C13H22N4O2/c1-9-12(10(2)16-15-9)8-14-11(3)13(18)17-4-6-19-7-5-17/h11,14H,4-8H2,1-3H3,(H,15,16). The second-order valence-electron chi connectivity index (χ2n) is 4.95. The largest absolute Gasteiger partial charge is 0.378 e. The van der Waals surface area contributed by atoms with E-state index in [1.807, 2.05) is 25.7 Å². The number of aromatic amines is 1. The first-order chi connectivity index (χ1) is 9.09. The number of hydrogen-bond donors (Lipinski definition) is 2. The van der Waals surface area contributed by atoms with Gasteiger partial charge in [-0.2, -0.15) is 5.10 Å². The van der Waals surface area contributed by atoms with E-state index in [0.717, 1.165) is 17.0 Å². The maximum atomic E-state index is 12.2. The number of morpholine rings is 1. The Bertz CT molecular complexity index is 418. The van der Waals surface area contributed by atoms with Crippen LogP contribution in [0.1, 0.15) is 23.9 Å². The second kappa shape index (κ2) is 6.16. The molecule has 19 heavy (non-hydrogen) atoms. The molecule has 0 spiro atoms. The third-order valence-corrected chi connectivity index (χ3v) is 3.56. The Labute approximate surface area is 113 Å². The third kappa shape index (κ3) is 3.33. The van der Waals surface area contributed by atoms with Gasteiger partial charge in [0.1, 0.15) is 0 Å². The van der Waals surface area contributed by atoms with Gasteiger partial charge in [0.05, 0.1) is 24.9 Å². The molecule has 1 aromatic heterocycles. The van der Waals surface area contributed by atoms with Crippen molar-refractivity contribution in [2.24, 2.45) is 0 Å². The normalized spacial score (nSPS) is 17.5. The number of carbonyl (C=O) groups is 1. The van der Waals surface area contributed by atoms with Crippen molar-refractivity contribution in [1.82, 2.24) is 20.4 Å². The fraction of sp³-hybridized carbons (Fsp3) is 0.692. The van der Waals surface area contributed by atoms with E-state index >= 15 is 0 Å². The summed E-state index contributed by atoms with van der Waals surface area (Å²) in [6, 6.07) is -0.188. The lowest BCUT2D eigenvalue weighted by Gasteiger charge is -2.29. The topological polar surface area (TPSA) is 70.2 Å². The molecule has 0 bridgehead atoms. The van der Waals surface area contributed by atoms with Crippen LogP contribution < -0.4 is 5.32 Å². The van der Waals surface area contributed by atoms with Crippen LogP contribution in [-0.2, 0) is 16.1 Å². The first-order valence-electron chi connectivity index (χ1n) is 6.70. The number of carbonyl (C=O) groups excluding carboxylic acids is 1. The summed E-state index contributed by atoms with van der Waals surface area (Å²) < 4.78 is 5.25. The fourth-order valence-electron chi connectivity index (χ4n) is 2.23. The number of ether oxygens (including phenoxy) is 1. The Morgan fingerprint density at radius 3 is 2.74 bits per heavy atom. The van der Waals surface area contributed by atoms with E-state index < -0.39 is 0 Å². The summed E-state index contributed by atoms with van der Waals surface area (Å²) in [4.78, 5) is 14.1. The highest BCUT2D eigenvalue weighted by atomic mass is 16.5. The minimum absolute atomic E-state index is 0.141. The van der Waals surface area contributed by atoms with E-state index in [2.05, 4.69) is 15.5 Å². The van der Waals surface area contributed by atoms with Crippen LogP contribution >= 0.6 is 0 Å². The Morgan fingerprint density at radius 1 is 1.47 bits per heavy atom. The number of nitrogens with one attached hydrogen (secondary N) is 2. The fourth-order valence-corrected chi connectivity index (χ4v) is 2.23. The summed E-state index contributed by atoms with van der Waals surface area (Å²) in [6.45, 7) is 9.18. The zero-order valence-corrected chi connectivity index (χ0v) is 11.8. The summed E-state index contributed by atoms with van der Waals surface area (Å²) >= 11 is 0. The zero-order chi connectivity index (χ0) is 13.8. The SMILES string of the molecule is Cc1n[nH]c(C)c1CNC(C)C(=O)N1CCOCC1. The van der Waals surface area contributed by atoms with E-state index in [4.69, 9.17) is 4.74 Å². The van der Waals surface area contributed by atoms with Crippen molar-refractivity contribution in [1.29, 1.82) is 0 Å². The van der Waals surface area contributed by atoms with Crippen molar-refractivity contribution < 1.29 is 9.53 Å².